The quantitative estimate of drug-likeness (QED) is 0.712. The predicted octanol–water partition coefficient (Wildman–Crippen LogP) is 4.77. The van der Waals surface area contributed by atoms with Crippen LogP contribution >= 0.6 is 0 Å². The third-order valence-electron chi connectivity index (χ3n) is 3.55. The summed E-state index contributed by atoms with van der Waals surface area (Å²) in [6.07, 6.45) is 0. The van der Waals surface area contributed by atoms with Crippen LogP contribution in [0.4, 0.5) is 11.4 Å². The van der Waals surface area contributed by atoms with Gasteiger partial charge in [-0.05, 0) is 36.4 Å². The van der Waals surface area contributed by atoms with E-state index >= 15 is 0 Å². The molecule has 2 N–H and O–H groups in total. The van der Waals surface area contributed by atoms with Crippen molar-refractivity contribution >= 4 is 17.3 Å². The topological polar surface area (TPSA) is 50.4 Å². The van der Waals surface area contributed by atoms with Gasteiger partial charge in [0.1, 0.15) is 5.75 Å². The summed E-state index contributed by atoms with van der Waals surface area (Å²) in [4.78, 5) is 12.6. The average molecular weight is 318 g/mol. The maximum atomic E-state index is 12.6. The summed E-state index contributed by atoms with van der Waals surface area (Å²) in [5.74, 6) is 1.12. The van der Waals surface area contributed by atoms with Gasteiger partial charge in [-0.15, -0.1) is 0 Å². The van der Waals surface area contributed by atoms with E-state index in [1.54, 1.807) is 13.1 Å². The van der Waals surface area contributed by atoms with Gasteiger partial charge < -0.3 is 15.4 Å². The minimum Gasteiger partial charge on any atom is -0.455 e. The Balaban J connectivity index is 1.84. The minimum atomic E-state index is -0.191. The molecule has 4 nitrogen and oxygen atoms in total. The highest BCUT2D eigenvalue weighted by atomic mass is 16.5. The normalized spacial score (nSPS) is 10.0. The number of carbonyl (C=O) groups is 1. The van der Waals surface area contributed by atoms with Gasteiger partial charge in [0.25, 0.3) is 5.91 Å². The summed E-state index contributed by atoms with van der Waals surface area (Å²) < 4.78 is 5.87. The first-order valence-electron chi connectivity index (χ1n) is 7.68. The zero-order chi connectivity index (χ0) is 16.8. The number of ether oxygens (including phenoxy) is 1. The van der Waals surface area contributed by atoms with Gasteiger partial charge in [-0.1, -0.05) is 42.5 Å². The van der Waals surface area contributed by atoms with Crippen LogP contribution in [0.25, 0.3) is 0 Å². The molecule has 0 saturated heterocycles. The van der Waals surface area contributed by atoms with Crippen LogP contribution in [0.3, 0.4) is 0 Å². The Morgan fingerprint density at radius 2 is 1.42 bits per heavy atom. The summed E-state index contributed by atoms with van der Waals surface area (Å²) in [6.45, 7) is 0. The Hall–Kier alpha value is -3.27. The van der Waals surface area contributed by atoms with E-state index in [1.165, 1.54) is 0 Å². The van der Waals surface area contributed by atoms with Gasteiger partial charge in [-0.2, -0.15) is 0 Å². The fraction of sp³-hybridized carbons (Fsp3) is 0.0500. The average Bonchev–Trinajstić information content (AvgIpc) is 2.64. The molecule has 4 heteroatoms. The SMILES string of the molecule is CNc1ccccc1C(=O)Nc1ccccc1Oc1ccccc1. The molecule has 0 aliphatic rings. The number of rotatable bonds is 5. The third kappa shape index (κ3) is 3.55. The maximum absolute atomic E-state index is 12.6. The number of nitrogens with one attached hydrogen (secondary N) is 2. The zero-order valence-electron chi connectivity index (χ0n) is 13.3. The summed E-state index contributed by atoms with van der Waals surface area (Å²) in [5, 5.41) is 5.94. The molecule has 0 radical (unpaired) electrons. The molecule has 3 rings (SSSR count). The highest BCUT2D eigenvalue weighted by Crippen LogP contribution is 2.29. The van der Waals surface area contributed by atoms with Gasteiger partial charge in [0.15, 0.2) is 5.75 Å². The van der Waals surface area contributed by atoms with Gasteiger partial charge >= 0.3 is 0 Å². The third-order valence-corrected chi connectivity index (χ3v) is 3.55. The van der Waals surface area contributed by atoms with Crippen LogP contribution in [0.2, 0.25) is 0 Å². The van der Waals surface area contributed by atoms with Gasteiger partial charge in [-0.3, -0.25) is 4.79 Å². The van der Waals surface area contributed by atoms with Gasteiger partial charge in [0, 0.05) is 12.7 Å². The van der Waals surface area contributed by atoms with Crippen LogP contribution in [-0.4, -0.2) is 13.0 Å². The molecule has 1 amide bonds. The van der Waals surface area contributed by atoms with Crippen molar-refractivity contribution in [3.05, 3.63) is 84.4 Å². The number of carbonyl (C=O) groups excluding carboxylic acids is 1. The number of para-hydroxylation sites is 4. The molecule has 0 fully saturated rings. The Labute approximate surface area is 141 Å². The summed E-state index contributed by atoms with van der Waals surface area (Å²) in [5.41, 5.74) is 1.98. The monoisotopic (exact) mass is 318 g/mol. The zero-order valence-corrected chi connectivity index (χ0v) is 13.3. The largest absolute Gasteiger partial charge is 0.455 e. The lowest BCUT2D eigenvalue weighted by Gasteiger charge is -2.13. The van der Waals surface area contributed by atoms with E-state index in [1.807, 2.05) is 72.8 Å². The number of anilines is 2. The molecule has 0 atom stereocenters. The number of amides is 1. The van der Waals surface area contributed by atoms with Crippen molar-refractivity contribution in [1.29, 1.82) is 0 Å². The molecule has 120 valence electrons. The van der Waals surface area contributed by atoms with E-state index in [0.29, 0.717) is 17.0 Å². The van der Waals surface area contributed by atoms with Crippen LogP contribution in [0.5, 0.6) is 11.5 Å². The summed E-state index contributed by atoms with van der Waals surface area (Å²) in [6, 6.07) is 24.2. The van der Waals surface area contributed by atoms with Crippen molar-refractivity contribution in [3.8, 4) is 11.5 Å². The lowest BCUT2D eigenvalue weighted by atomic mass is 10.1. The van der Waals surface area contributed by atoms with Crippen LogP contribution in [-0.2, 0) is 0 Å². The fourth-order valence-electron chi connectivity index (χ4n) is 2.36. The first-order valence-corrected chi connectivity index (χ1v) is 7.68. The van der Waals surface area contributed by atoms with Crippen molar-refractivity contribution < 1.29 is 9.53 Å². The molecule has 0 saturated carbocycles. The molecule has 24 heavy (non-hydrogen) atoms. The molecular formula is C20H18N2O2. The van der Waals surface area contributed by atoms with E-state index in [2.05, 4.69) is 10.6 Å². The first-order chi connectivity index (χ1) is 11.8. The lowest BCUT2D eigenvalue weighted by molar-refractivity contribution is 0.102. The van der Waals surface area contributed by atoms with Gasteiger partial charge in [-0.25, -0.2) is 0 Å². The van der Waals surface area contributed by atoms with Crippen molar-refractivity contribution in [2.75, 3.05) is 17.7 Å². The van der Waals surface area contributed by atoms with Crippen molar-refractivity contribution in [1.82, 2.24) is 0 Å². The first kappa shape index (κ1) is 15.6. The fourth-order valence-corrected chi connectivity index (χ4v) is 2.36. The Kier molecular flexibility index (Phi) is 4.77. The molecule has 0 aliphatic carbocycles. The van der Waals surface area contributed by atoms with Gasteiger partial charge in [0.2, 0.25) is 0 Å². The maximum Gasteiger partial charge on any atom is 0.257 e. The Morgan fingerprint density at radius 3 is 2.17 bits per heavy atom. The van der Waals surface area contributed by atoms with E-state index in [9.17, 15) is 4.79 Å². The molecular weight excluding hydrogens is 300 g/mol. The Bertz CT molecular complexity index is 832. The van der Waals surface area contributed by atoms with E-state index in [0.717, 1.165) is 11.4 Å². The number of hydrogen-bond donors (Lipinski definition) is 2. The van der Waals surface area contributed by atoms with Crippen LogP contribution < -0.4 is 15.4 Å². The molecule has 3 aromatic rings. The molecule has 3 aromatic carbocycles. The standard InChI is InChI=1S/C20H18N2O2/c1-21-17-12-6-5-11-16(17)20(23)22-18-13-7-8-14-19(18)24-15-9-3-2-4-10-15/h2-14,21H,1H3,(H,22,23). The van der Waals surface area contributed by atoms with Crippen LogP contribution in [0.15, 0.2) is 78.9 Å². The second-order valence-corrected chi connectivity index (χ2v) is 5.16. The van der Waals surface area contributed by atoms with E-state index in [-0.39, 0.29) is 5.91 Å². The molecule has 0 spiro atoms. The highest BCUT2D eigenvalue weighted by Gasteiger charge is 2.13. The van der Waals surface area contributed by atoms with Crippen LogP contribution in [0, 0.1) is 0 Å². The molecule has 0 bridgehead atoms. The van der Waals surface area contributed by atoms with Gasteiger partial charge in [0.05, 0.1) is 11.3 Å². The smallest absolute Gasteiger partial charge is 0.257 e. The number of benzene rings is 3. The molecule has 0 aromatic heterocycles. The van der Waals surface area contributed by atoms with Crippen LogP contribution in [0.1, 0.15) is 10.4 Å². The molecule has 0 heterocycles. The summed E-state index contributed by atoms with van der Waals surface area (Å²) >= 11 is 0. The van der Waals surface area contributed by atoms with E-state index in [4.69, 9.17) is 4.74 Å². The summed E-state index contributed by atoms with van der Waals surface area (Å²) in [7, 11) is 1.79. The molecule has 0 aliphatic heterocycles. The molecule has 0 unspecified atom stereocenters. The van der Waals surface area contributed by atoms with Crippen molar-refractivity contribution in [3.63, 3.8) is 0 Å². The Morgan fingerprint density at radius 1 is 0.792 bits per heavy atom. The predicted molar refractivity (Wildman–Crippen MR) is 96.9 cm³/mol. The minimum absolute atomic E-state index is 0.191. The number of hydrogen-bond acceptors (Lipinski definition) is 3. The lowest BCUT2D eigenvalue weighted by Crippen LogP contribution is -2.14. The second kappa shape index (κ2) is 7.33. The second-order valence-electron chi connectivity index (χ2n) is 5.16. The van der Waals surface area contributed by atoms with Crippen molar-refractivity contribution in [2.45, 2.75) is 0 Å². The highest BCUT2D eigenvalue weighted by molar-refractivity contribution is 6.08. The van der Waals surface area contributed by atoms with Crippen molar-refractivity contribution in [2.24, 2.45) is 0 Å². The van der Waals surface area contributed by atoms with E-state index < -0.39 is 0 Å².